The Morgan fingerprint density at radius 1 is 0.895 bits per heavy atom. The first-order valence-electron chi connectivity index (χ1n) is 13.1. The molecule has 2 aromatic heterocycles. The summed E-state index contributed by atoms with van der Waals surface area (Å²) < 4.78 is 17.0. The van der Waals surface area contributed by atoms with Gasteiger partial charge in [0.2, 0.25) is 0 Å². The van der Waals surface area contributed by atoms with E-state index in [1.54, 1.807) is 22.7 Å². The minimum Gasteiger partial charge on any atom is -0.441 e. The molecule has 2 aliphatic carbocycles. The summed E-state index contributed by atoms with van der Waals surface area (Å²) in [7, 11) is 0. The van der Waals surface area contributed by atoms with Crippen molar-refractivity contribution >= 4 is 60.6 Å². The number of thiazole rings is 2. The third-order valence-electron chi connectivity index (χ3n) is 7.01. The van der Waals surface area contributed by atoms with Crippen molar-refractivity contribution in [1.82, 2.24) is 15.3 Å². The van der Waals surface area contributed by atoms with Crippen LogP contribution in [0.4, 0.5) is 4.79 Å². The fourth-order valence-electron chi connectivity index (χ4n) is 4.62. The predicted octanol–water partition coefficient (Wildman–Crippen LogP) is 5.32. The summed E-state index contributed by atoms with van der Waals surface area (Å²) in [5, 5.41) is 13.8. The highest BCUT2D eigenvalue weighted by molar-refractivity contribution is 9.11. The number of carbonyl (C=O) groups excluding carboxylic acids is 1. The number of nitrogens with one attached hydrogen (secondary N) is 1. The third-order valence-corrected chi connectivity index (χ3v) is 10.3. The molecule has 0 bridgehead atoms. The summed E-state index contributed by atoms with van der Waals surface area (Å²) in [6, 6.07) is 0.655. The number of alkyl carbamates (subject to hydrolysis) is 1. The zero-order chi connectivity index (χ0) is 26.9. The van der Waals surface area contributed by atoms with E-state index in [-0.39, 0.29) is 24.3 Å². The number of nitrogens with two attached hydrogens (primary N) is 1. The van der Waals surface area contributed by atoms with Gasteiger partial charge >= 0.3 is 6.09 Å². The molecule has 4 heterocycles. The number of aromatic nitrogens is 2. The molecule has 0 atom stereocenters. The molecule has 212 valence electrons. The van der Waals surface area contributed by atoms with Gasteiger partial charge in [-0.3, -0.25) is 0 Å². The summed E-state index contributed by atoms with van der Waals surface area (Å²) in [5.74, 6) is 1.19. The Morgan fingerprint density at radius 2 is 1.37 bits per heavy atom. The van der Waals surface area contributed by atoms with E-state index in [2.05, 4.69) is 51.9 Å². The molecule has 1 amide bonds. The van der Waals surface area contributed by atoms with E-state index in [4.69, 9.17) is 20.3 Å². The Labute approximate surface area is 248 Å². The van der Waals surface area contributed by atoms with Gasteiger partial charge in [0.15, 0.2) is 6.10 Å². The van der Waals surface area contributed by atoms with E-state index in [9.17, 15) is 4.79 Å². The molecular weight excluding hydrogens is 660 g/mol. The lowest BCUT2D eigenvalue weighted by Crippen LogP contribution is -2.44. The number of aliphatic hydroxyl groups excluding tert-OH is 1. The van der Waals surface area contributed by atoms with E-state index in [0.717, 1.165) is 46.1 Å². The van der Waals surface area contributed by atoms with Gasteiger partial charge in [0, 0.05) is 23.9 Å². The zero-order valence-corrected chi connectivity index (χ0v) is 26.0. The van der Waals surface area contributed by atoms with Crippen molar-refractivity contribution in [3.05, 3.63) is 30.0 Å². The minimum absolute atomic E-state index is 0.0565. The second kappa shape index (κ2) is 15.4. The molecule has 4 N–H and O–H groups in total. The maximum atomic E-state index is 11.7. The summed E-state index contributed by atoms with van der Waals surface area (Å²) >= 11 is 10.4. The maximum Gasteiger partial charge on any atom is 0.407 e. The molecule has 9 nitrogen and oxygen atoms in total. The van der Waals surface area contributed by atoms with Crippen LogP contribution in [-0.2, 0) is 14.2 Å². The number of ether oxygens (including phenoxy) is 3. The van der Waals surface area contributed by atoms with Crippen LogP contribution >= 0.6 is 54.5 Å². The van der Waals surface area contributed by atoms with Crippen LogP contribution in [0.1, 0.15) is 73.2 Å². The molecule has 0 unspecified atom stereocenters. The number of nitrogens with zero attached hydrogens (tertiary/aromatic N) is 2. The van der Waals surface area contributed by atoms with Crippen molar-refractivity contribution in [2.24, 2.45) is 5.73 Å². The topological polar surface area (TPSA) is 129 Å². The van der Waals surface area contributed by atoms with E-state index >= 15 is 0 Å². The molecule has 2 aromatic rings. The van der Waals surface area contributed by atoms with Crippen molar-refractivity contribution in [2.45, 2.75) is 87.5 Å². The quantitative estimate of drug-likeness (QED) is 0.392. The summed E-state index contributed by atoms with van der Waals surface area (Å²) in [5.41, 5.74) is 5.85. The number of amides is 1. The molecule has 38 heavy (non-hydrogen) atoms. The number of hydrogen-bond acceptors (Lipinski definition) is 10. The van der Waals surface area contributed by atoms with Crippen LogP contribution in [0, 0.1) is 0 Å². The van der Waals surface area contributed by atoms with Gasteiger partial charge in [-0.05, 0) is 83.2 Å². The predicted molar refractivity (Wildman–Crippen MR) is 155 cm³/mol. The van der Waals surface area contributed by atoms with E-state index in [0.29, 0.717) is 44.3 Å². The molecule has 2 saturated heterocycles. The van der Waals surface area contributed by atoms with Gasteiger partial charge in [0.1, 0.15) is 6.10 Å². The fourth-order valence-corrected chi connectivity index (χ4v) is 7.45. The van der Waals surface area contributed by atoms with Crippen molar-refractivity contribution in [3.8, 4) is 0 Å². The molecule has 13 heteroatoms. The molecule has 2 aliphatic heterocycles. The largest absolute Gasteiger partial charge is 0.441 e. The van der Waals surface area contributed by atoms with Gasteiger partial charge in [-0.1, -0.05) is 0 Å². The summed E-state index contributed by atoms with van der Waals surface area (Å²) in [6.07, 6.45) is 12.1. The van der Waals surface area contributed by atoms with E-state index in [1.807, 2.05) is 12.4 Å². The van der Waals surface area contributed by atoms with Gasteiger partial charge in [-0.2, -0.15) is 0 Å². The first kappa shape index (κ1) is 30.3. The average Bonchev–Trinajstić information content (AvgIpc) is 3.50. The van der Waals surface area contributed by atoms with Crippen molar-refractivity contribution in [1.29, 1.82) is 0 Å². The molecular formula is C25H36Br2N4O5S2. The SMILES string of the molecule is NC1CCC(c2ncc(Br)s2)CC1.O=C(NC1CCC(c2ncc(Br)s2)CC1)OC1COC1.OC1COC1. The molecule has 4 aliphatic rings. The third kappa shape index (κ3) is 9.76. The van der Waals surface area contributed by atoms with Crippen LogP contribution in [0.5, 0.6) is 0 Å². The van der Waals surface area contributed by atoms with Gasteiger partial charge in [0.25, 0.3) is 0 Å². The smallest absolute Gasteiger partial charge is 0.407 e. The highest BCUT2D eigenvalue weighted by atomic mass is 79.9. The van der Waals surface area contributed by atoms with Crippen LogP contribution in [0.3, 0.4) is 0 Å². The monoisotopic (exact) mass is 694 g/mol. The number of rotatable bonds is 4. The number of hydrogen-bond donors (Lipinski definition) is 3. The van der Waals surface area contributed by atoms with Gasteiger partial charge < -0.3 is 30.4 Å². The molecule has 0 spiro atoms. The molecule has 0 radical (unpaired) electrons. The average molecular weight is 697 g/mol. The normalized spacial score (nSPS) is 27.5. The Morgan fingerprint density at radius 3 is 1.74 bits per heavy atom. The molecule has 4 fully saturated rings. The van der Waals surface area contributed by atoms with E-state index in [1.165, 1.54) is 22.9 Å². The van der Waals surface area contributed by atoms with Gasteiger partial charge in [-0.15, -0.1) is 22.7 Å². The van der Waals surface area contributed by atoms with Crippen LogP contribution in [0.25, 0.3) is 0 Å². The number of aliphatic hydroxyl groups is 1. The standard InChI is InChI=1S/C13H17BrN2O3S.C9H13BrN2S.C3H6O2/c14-11-5-15-12(20-11)8-1-3-9(4-2-8)16-13(17)19-10-6-18-7-10;10-8-5-12-9(13-8)6-1-3-7(11)4-2-6;4-3-1-5-2-3/h5,8-10H,1-4,6-7H2,(H,16,17);5-7H,1-4,11H2;3-4H,1-2H2. The first-order chi connectivity index (χ1) is 18.4. The molecule has 6 rings (SSSR count). The molecule has 0 aromatic carbocycles. The van der Waals surface area contributed by atoms with Crippen molar-refractivity contribution in [3.63, 3.8) is 0 Å². The summed E-state index contributed by atoms with van der Waals surface area (Å²) in [4.78, 5) is 20.5. The minimum atomic E-state index is -0.307. The number of carbonyl (C=O) groups is 1. The van der Waals surface area contributed by atoms with Crippen molar-refractivity contribution in [2.75, 3.05) is 26.4 Å². The van der Waals surface area contributed by atoms with Crippen molar-refractivity contribution < 1.29 is 24.1 Å². The Balaban J connectivity index is 0.000000159. The lowest BCUT2D eigenvalue weighted by molar-refractivity contribution is -0.0985. The van der Waals surface area contributed by atoms with Crippen LogP contribution < -0.4 is 11.1 Å². The van der Waals surface area contributed by atoms with Crippen LogP contribution in [0.2, 0.25) is 0 Å². The second-order valence-electron chi connectivity index (χ2n) is 10.1. The van der Waals surface area contributed by atoms with Crippen LogP contribution in [-0.4, -0.2) is 71.9 Å². The number of halogens is 2. The Bertz CT molecular complexity index is 988. The maximum absolute atomic E-state index is 11.7. The Hall–Kier alpha value is -0.670. The first-order valence-corrected chi connectivity index (χ1v) is 16.4. The van der Waals surface area contributed by atoms with E-state index < -0.39 is 0 Å². The van der Waals surface area contributed by atoms with Crippen LogP contribution in [0.15, 0.2) is 20.0 Å². The Kier molecular flexibility index (Phi) is 12.2. The second-order valence-corrected chi connectivity index (χ2v) is 14.9. The van der Waals surface area contributed by atoms with Gasteiger partial charge in [-0.25, -0.2) is 14.8 Å². The highest BCUT2D eigenvalue weighted by Crippen LogP contribution is 2.37. The lowest BCUT2D eigenvalue weighted by atomic mass is 9.86. The zero-order valence-electron chi connectivity index (χ0n) is 21.2. The fraction of sp³-hybridized carbons (Fsp3) is 0.720. The highest BCUT2D eigenvalue weighted by Gasteiger charge is 2.28. The lowest BCUT2D eigenvalue weighted by Gasteiger charge is -2.30. The summed E-state index contributed by atoms with van der Waals surface area (Å²) in [6.45, 7) is 2.14. The van der Waals surface area contributed by atoms with Gasteiger partial charge in [0.05, 0.1) is 56.4 Å². The molecule has 2 saturated carbocycles.